The van der Waals surface area contributed by atoms with E-state index in [0.717, 1.165) is 0 Å². The fourth-order valence-electron chi connectivity index (χ4n) is 4.04. The zero-order valence-electron chi connectivity index (χ0n) is 15.0. The van der Waals surface area contributed by atoms with Crippen LogP contribution in [-0.2, 0) is 4.74 Å². The molecule has 3 rings (SSSR count). The van der Waals surface area contributed by atoms with E-state index < -0.39 is 5.60 Å². The van der Waals surface area contributed by atoms with Crippen LogP contribution in [0.25, 0.3) is 6.08 Å². The van der Waals surface area contributed by atoms with Gasteiger partial charge in [-0.25, -0.2) is 4.79 Å². The molecule has 1 aromatic rings. The van der Waals surface area contributed by atoms with Crippen molar-refractivity contribution < 1.29 is 9.53 Å². The first-order chi connectivity index (χ1) is 11.4. The molecule has 2 aliphatic rings. The molecule has 1 aromatic carbocycles. The Morgan fingerprint density at radius 1 is 1.12 bits per heavy atom. The van der Waals surface area contributed by atoms with Crippen LogP contribution in [0.5, 0.6) is 0 Å². The maximum atomic E-state index is 12.4. The second-order valence-electron chi connectivity index (χ2n) is 8.09. The van der Waals surface area contributed by atoms with Crippen molar-refractivity contribution in [2.75, 3.05) is 0 Å². The van der Waals surface area contributed by atoms with Gasteiger partial charge < -0.3 is 10.1 Å². The van der Waals surface area contributed by atoms with Gasteiger partial charge in [-0.1, -0.05) is 55.7 Å². The van der Waals surface area contributed by atoms with Gasteiger partial charge in [0.15, 0.2) is 0 Å². The van der Waals surface area contributed by atoms with E-state index >= 15 is 0 Å². The van der Waals surface area contributed by atoms with Crippen molar-refractivity contribution in [3.05, 3.63) is 41.5 Å². The highest BCUT2D eigenvalue weighted by Gasteiger charge is 2.34. The van der Waals surface area contributed by atoms with Crippen molar-refractivity contribution >= 4 is 12.2 Å². The van der Waals surface area contributed by atoms with Crippen LogP contribution < -0.4 is 5.32 Å². The lowest BCUT2D eigenvalue weighted by Crippen LogP contribution is -2.40. The number of amides is 1. The van der Waals surface area contributed by atoms with Crippen LogP contribution >= 0.6 is 0 Å². The molecule has 2 atom stereocenters. The molecule has 0 aromatic heterocycles. The zero-order valence-corrected chi connectivity index (χ0v) is 15.0. The molecule has 24 heavy (non-hydrogen) atoms. The summed E-state index contributed by atoms with van der Waals surface area (Å²) in [6, 6.07) is 8.36. The Bertz CT molecular complexity index is 609. The number of benzene rings is 1. The van der Waals surface area contributed by atoms with Gasteiger partial charge in [0, 0.05) is 5.92 Å². The van der Waals surface area contributed by atoms with Gasteiger partial charge in [-0.3, -0.25) is 0 Å². The molecule has 1 saturated carbocycles. The minimum Gasteiger partial charge on any atom is -0.444 e. The molecule has 3 nitrogen and oxygen atoms in total. The standard InChI is InChI=1S/C21H29NO2/c1-21(2,3)24-20(23)22-19-17-12-8-7-11-16(17)13-14-18(19)15-9-5-4-6-10-15/h7-8,11-15,18-19H,4-6,9-10H2,1-3H3,(H,22,23)/t18-,19-/m0/s1. The van der Waals surface area contributed by atoms with Gasteiger partial charge in [0.1, 0.15) is 5.60 Å². The van der Waals surface area contributed by atoms with Crippen LogP contribution in [0.1, 0.15) is 70.0 Å². The van der Waals surface area contributed by atoms with Gasteiger partial charge in [-0.15, -0.1) is 0 Å². The molecule has 0 bridgehead atoms. The second kappa shape index (κ2) is 7.00. The molecule has 0 saturated heterocycles. The smallest absolute Gasteiger partial charge is 0.408 e. The number of nitrogens with one attached hydrogen (secondary N) is 1. The van der Waals surface area contributed by atoms with Crippen LogP contribution in [0, 0.1) is 11.8 Å². The highest BCUT2D eigenvalue weighted by molar-refractivity contribution is 5.70. The molecule has 1 fully saturated rings. The monoisotopic (exact) mass is 327 g/mol. The van der Waals surface area contributed by atoms with Gasteiger partial charge in [0.2, 0.25) is 0 Å². The third kappa shape index (κ3) is 4.00. The number of hydrogen-bond donors (Lipinski definition) is 1. The fourth-order valence-corrected chi connectivity index (χ4v) is 4.04. The quantitative estimate of drug-likeness (QED) is 0.781. The second-order valence-corrected chi connectivity index (χ2v) is 8.09. The number of fused-ring (bicyclic) bond motifs is 1. The van der Waals surface area contributed by atoms with Crippen LogP contribution in [0.2, 0.25) is 0 Å². The number of carbonyl (C=O) groups is 1. The lowest BCUT2D eigenvalue weighted by atomic mass is 9.72. The number of hydrogen-bond acceptors (Lipinski definition) is 2. The summed E-state index contributed by atoms with van der Waals surface area (Å²) in [5.74, 6) is 0.996. The minimum atomic E-state index is -0.478. The van der Waals surface area contributed by atoms with E-state index in [4.69, 9.17) is 4.74 Å². The Labute approximate surface area is 145 Å². The predicted octanol–water partition coefficient (Wildman–Crippen LogP) is 5.48. The molecule has 0 aliphatic heterocycles. The summed E-state index contributed by atoms with van der Waals surface area (Å²) < 4.78 is 5.52. The van der Waals surface area contributed by atoms with Crippen LogP contribution in [-0.4, -0.2) is 11.7 Å². The molecule has 0 unspecified atom stereocenters. The Balaban J connectivity index is 1.84. The van der Waals surface area contributed by atoms with Crippen molar-refractivity contribution in [2.24, 2.45) is 11.8 Å². The average Bonchev–Trinajstić information content (AvgIpc) is 2.54. The Morgan fingerprint density at radius 2 is 1.83 bits per heavy atom. The Morgan fingerprint density at radius 3 is 2.54 bits per heavy atom. The topological polar surface area (TPSA) is 38.3 Å². The van der Waals surface area contributed by atoms with Crippen molar-refractivity contribution in [3.8, 4) is 0 Å². The van der Waals surface area contributed by atoms with Crippen LogP contribution in [0.4, 0.5) is 4.79 Å². The fraction of sp³-hybridized carbons (Fsp3) is 0.571. The molecular formula is C21H29NO2. The first-order valence-electron chi connectivity index (χ1n) is 9.21. The molecule has 0 radical (unpaired) electrons. The maximum absolute atomic E-state index is 12.4. The zero-order chi connectivity index (χ0) is 17.2. The summed E-state index contributed by atoms with van der Waals surface area (Å²) in [5, 5.41) is 3.17. The predicted molar refractivity (Wildman–Crippen MR) is 97.7 cm³/mol. The average molecular weight is 327 g/mol. The molecule has 0 spiro atoms. The van der Waals surface area contributed by atoms with E-state index in [2.05, 4.69) is 41.7 Å². The number of alkyl carbamates (subject to hydrolysis) is 1. The van der Waals surface area contributed by atoms with Gasteiger partial charge in [-0.2, -0.15) is 0 Å². The molecule has 0 heterocycles. The summed E-state index contributed by atoms with van der Waals surface area (Å²) in [4.78, 5) is 12.4. The van der Waals surface area contributed by atoms with E-state index in [0.29, 0.717) is 11.8 Å². The summed E-state index contributed by atoms with van der Waals surface area (Å²) in [6.07, 6.45) is 10.7. The number of carbonyl (C=O) groups excluding carboxylic acids is 1. The van der Waals surface area contributed by atoms with Gasteiger partial charge in [-0.05, 0) is 50.7 Å². The van der Waals surface area contributed by atoms with E-state index in [-0.39, 0.29) is 12.1 Å². The van der Waals surface area contributed by atoms with E-state index in [9.17, 15) is 4.79 Å². The van der Waals surface area contributed by atoms with Crippen molar-refractivity contribution in [1.29, 1.82) is 0 Å². The third-order valence-electron chi connectivity index (χ3n) is 5.08. The molecule has 2 aliphatic carbocycles. The Kier molecular flexibility index (Phi) is 4.98. The summed E-state index contributed by atoms with van der Waals surface area (Å²) in [6.45, 7) is 5.71. The molecular weight excluding hydrogens is 298 g/mol. The largest absolute Gasteiger partial charge is 0.444 e. The number of rotatable bonds is 2. The lowest BCUT2D eigenvalue weighted by molar-refractivity contribution is 0.0476. The van der Waals surface area contributed by atoms with E-state index in [1.165, 1.54) is 43.2 Å². The number of ether oxygens (including phenoxy) is 1. The highest BCUT2D eigenvalue weighted by Crippen LogP contribution is 2.42. The highest BCUT2D eigenvalue weighted by atomic mass is 16.6. The Hall–Kier alpha value is -1.77. The van der Waals surface area contributed by atoms with Crippen molar-refractivity contribution in [2.45, 2.75) is 64.5 Å². The summed E-state index contributed by atoms with van der Waals surface area (Å²) in [5.41, 5.74) is 1.93. The third-order valence-corrected chi connectivity index (χ3v) is 5.08. The molecule has 3 heteroatoms. The lowest BCUT2D eigenvalue weighted by Gasteiger charge is -2.37. The van der Waals surface area contributed by atoms with Crippen molar-refractivity contribution in [3.63, 3.8) is 0 Å². The normalized spacial score (nSPS) is 24.3. The molecule has 1 N–H and O–H groups in total. The minimum absolute atomic E-state index is 0.00384. The van der Waals surface area contributed by atoms with Gasteiger partial charge in [0.05, 0.1) is 6.04 Å². The maximum Gasteiger partial charge on any atom is 0.408 e. The van der Waals surface area contributed by atoms with Crippen molar-refractivity contribution in [1.82, 2.24) is 5.32 Å². The summed E-state index contributed by atoms with van der Waals surface area (Å²) >= 11 is 0. The van der Waals surface area contributed by atoms with E-state index in [1.54, 1.807) is 0 Å². The molecule has 130 valence electrons. The van der Waals surface area contributed by atoms with Gasteiger partial charge >= 0.3 is 6.09 Å². The SMILES string of the molecule is CC(C)(C)OC(=O)N[C@H]1c2ccccc2C=C[C@H]1C1CCCCC1. The van der Waals surface area contributed by atoms with Crippen LogP contribution in [0.15, 0.2) is 30.3 Å². The molecule has 1 amide bonds. The van der Waals surface area contributed by atoms with Crippen LogP contribution in [0.3, 0.4) is 0 Å². The summed E-state index contributed by atoms with van der Waals surface area (Å²) in [7, 11) is 0. The van der Waals surface area contributed by atoms with E-state index in [1.807, 2.05) is 20.8 Å². The van der Waals surface area contributed by atoms with Gasteiger partial charge in [0.25, 0.3) is 0 Å². The first kappa shape index (κ1) is 17.1. The first-order valence-corrected chi connectivity index (χ1v) is 9.21.